The predicted molar refractivity (Wildman–Crippen MR) is 59.4 cm³/mol. The van der Waals surface area contributed by atoms with Crippen LogP contribution >= 0.6 is 0 Å². The van der Waals surface area contributed by atoms with Crippen LogP contribution < -0.4 is 5.73 Å². The van der Waals surface area contributed by atoms with Gasteiger partial charge < -0.3 is 10.3 Å². The molecule has 1 aromatic heterocycles. The highest BCUT2D eigenvalue weighted by Gasteiger charge is 2.23. The van der Waals surface area contributed by atoms with E-state index >= 15 is 0 Å². The molecular weight excluding hydrogens is 188 g/mol. The normalized spacial score (nSPS) is 17.5. The maximum atomic E-state index is 5.67. The lowest BCUT2D eigenvalue weighted by Crippen LogP contribution is -2.12. The third-order valence-electron chi connectivity index (χ3n) is 3.21. The molecule has 0 saturated heterocycles. The van der Waals surface area contributed by atoms with Crippen LogP contribution in [0.2, 0.25) is 0 Å². The second-order valence-corrected chi connectivity index (χ2v) is 4.31. The predicted octanol–water partition coefficient (Wildman–Crippen LogP) is 1.80. The lowest BCUT2D eigenvalue weighted by Gasteiger charge is -2.12. The van der Waals surface area contributed by atoms with E-state index in [9.17, 15) is 0 Å². The third-order valence-corrected chi connectivity index (χ3v) is 3.21. The van der Waals surface area contributed by atoms with E-state index in [1.54, 1.807) is 0 Å². The van der Waals surface area contributed by atoms with Crippen molar-refractivity contribution in [2.24, 2.45) is 5.73 Å². The van der Waals surface area contributed by atoms with E-state index in [-0.39, 0.29) is 0 Å². The molecule has 0 unspecified atom stereocenters. The van der Waals surface area contributed by atoms with Crippen LogP contribution in [0.25, 0.3) is 0 Å². The van der Waals surface area contributed by atoms with Crippen LogP contribution in [0.5, 0.6) is 0 Å². The molecule has 84 valence electrons. The van der Waals surface area contributed by atoms with Gasteiger partial charge in [-0.15, -0.1) is 10.2 Å². The van der Waals surface area contributed by atoms with Crippen LogP contribution in [0, 0.1) is 0 Å². The van der Waals surface area contributed by atoms with E-state index in [0.29, 0.717) is 12.5 Å². The summed E-state index contributed by atoms with van der Waals surface area (Å²) in [7, 11) is 0. The first kappa shape index (κ1) is 10.6. The molecule has 2 N–H and O–H groups in total. The van der Waals surface area contributed by atoms with Crippen molar-refractivity contribution in [1.29, 1.82) is 0 Å². The van der Waals surface area contributed by atoms with Crippen molar-refractivity contribution >= 4 is 0 Å². The Bertz CT molecular complexity index is 312. The molecule has 1 heterocycles. The van der Waals surface area contributed by atoms with Crippen LogP contribution in [0.15, 0.2) is 0 Å². The second kappa shape index (κ2) is 4.75. The Kier molecular flexibility index (Phi) is 3.36. The van der Waals surface area contributed by atoms with Gasteiger partial charge in [-0.1, -0.05) is 19.8 Å². The van der Waals surface area contributed by atoms with Crippen molar-refractivity contribution < 1.29 is 0 Å². The summed E-state index contributed by atoms with van der Waals surface area (Å²) < 4.78 is 2.23. The van der Waals surface area contributed by atoms with Gasteiger partial charge in [0.25, 0.3) is 0 Å². The molecule has 15 heavy (non-hydrogen) atoms. The first-order valence-electron chi connectivity index (χ1n) is 5.98. The van der Waals surface area contributed by atoms with E-state index in [2.05, 4.69) is 21.7 Å². The minimum absolute atomic E-state index is 0.500. The van der Waals surface area contributed by atoms with Crippen LogP contribution in [0.1, 0.15) is 56.6 Å². The highest BCUT2D eigenvalue weighted by atomic mass is 15.3. The number of aromatic nitrogens is 3. The van der Waals surface area contributed by atoms with Gasteiger partial charge in [0.2, 0.25) is 0 Å². The summed E-state index contributed by atoms with van der Waals surface area (Å²) in [6.07, 6.45) is 6.33. The molecule has 2 rings (SSSR count). The highest BCUT2D eigenvalue weighted by Crippen LogP contribution is 2.33. The Morgan fingerprint density at radius 3 is 2.67 bits per heavy atom. The number of nitrogens with zero attached hydrogens (tertiary/aromatic N) is 3. The molecule has 0 aliphatic heterocycles. The zero-order valence-electron chi connectivity index (χ0n) is 9.45. The fourth-order valence-corrected chi connectivity index (χ4v) is 2.45. The van der Waals surface area contributed by atoms with Crippen molar-refractivity contribution in [2.75, 3.05) is 0 Å². The zero-order valence-corrected chi connectivity index (χ0v) is 9.45. The smallest absolute Gasteiger partial charge is 0.146 e. The summed E-state index contributed by atoms with van der Waals surface area (Å²) in [6.45, 7) is 3.68. The van der Waals surface area contributed by atoms with Crippen molar-refractivity contribution in [1.82, 2.24) is 14.8 Å². The van der Waals surface area contributed by atoms with E-state index in [4.69, 9.17) is 5.73 Å². The van der Waals surface area contributed by atoms with Crippen molar-refractivity contribution in [3.63, 3.8) is 0 Å². The summed E-state index contributed by atoms with van der Waals surface area (Å²) in [4.78, 5) is 0. The molecule has 0 bridgehead atoms. The van der Waals surface area contributed by atoms with Gasteiger partial charge in [-0.3, -0.25) is 0 Å². The fraction of sp³-hybridized carbons (Fsp3) is 0.818. The Labute approximate surface area is 90.9 Å². The molecule has 4 heteroatoms. The largest absolute Gasteiger partial charge is 0.324 e. The summed E-state index contributed by atoms with van der Waals surface area (Å²) in [5, 5.41) is 8.51. The topological polar surface area (TPSA) is 56.7 Å². The van der Waals surface area contributed by atoms with Crippen LogP contribution in [0.3, 0.4) is 0 Å². The summed E-state index contributed by atoms with van der Waals surface area (Å²) in [5.74, 6) is 2.75. The highest BCUT2D eigenvalue weighted by molar-refractivity contribution is 5.03. The molecule has 0 atom stereocenters. The standard InChI is InChI=1S/C11H20N4/c1-2-7-15-10(8-12)13-14-11(15)9-5-3-4-6-9/h9H,2-8,12H2,1H3. The van der Waals surface area contributed by atoms with Crippen LogP contribution in [0.4, 0.5) is 0 Å². The second-order valence-electron chi connectivity index (χ2n) is 4.31. The van der Waals surface area contributed by atoms with Crippen LogP contribution in [-0.2, 0) is 13.1 Å². The summed E-state index contributed by atoms with van der Waals surface area (Å²) in [5.41, 5.74) is 5.67. The van der Waals surface area contributed by atoms with Gasteiger partial charge in [-0.05, 0) is 19.3 Å². The first-order chi connectivity index (χ1) is 7.36. The molecule has 0 aromatic carbocycles. The fourth-order valence-electron chi connectivity index (χ4n) is 2.45. The summed E-state index contributed by atoms with van der Waals surface area (Å²) in [6, 6.07) is 0. The number of hydrogen-bond donors (Lipinski definition) is 1. The Hall–Kier alpha value is -0.900. The SMILES string of the molecule is CCCn1c(CN)nnc1C1CCCC1. The quantitative estimate of drug-likeness (QED) is 0.821. The van der Waals surface area contributed by atoms with Gasteiger partial charge in [-0.25, -0.2) is 0 Å². The third kappa shape index (κ3) is 2.04. The first-order valence-corrected chi connectivity index (χ1v) is 5.98. The molecule has 0 radical (unpaired) electrons. The Balaban J connectivity index is 2.24. The van der Waals surface area contributed by atoms with Crippen molar-refractivity contribution in [2.45, 2.75) is 58.0 Å². The Morgan fingerprint density at radius 1 is 1.33 bits per heavy atom. The van der Waals surface area contributed by atoms with Crippen molar-refractivity contribution in [3.05, 3.63) is 11.6 Å². The molecule has 1 aromatic rings. The van der Waals surface area contributed by atoms with Crippen LogP contribution in [-0.4, -0.2) is 14.8 Å². The molecule has 0 amide bonds. The molecule has 4 nitrogen and oxygen atoms in total. The van der Waals surface area contributed by atoms with Gasteiger partial charge in [0, 0.05) is 12.5 Å². The monoisotopic (exact) mass is 208 g/mol. The molecule has 0 spiro atoms. The lowest BCUT2D eigenvalue weighted by molar-refractivity contribution is 0.559. The number of nitrogens with two attached hydrogens (primary N) is 1. The van der Waals surface area contributed by atoms with E-state index < -0.39 is 0 Å². The van der Waals surface area contributed by atoms with E-state index in [1.165, 1.54) is 31.5 Å². The van der Waals surface area contributed by atoms with Gasteiger partial charge in [0.1, 0.15) is 11.6 Å². The Morgan fingerprint density at radius 2 is 2.07 bits per heavy atom. The van der Waals surface area contributed by atoms with Gasteiger partial charge in [0.15, 0.2) is 0 Å². The summed E-state index contributed by atoms with van der Waals surface area (Å²) >= 11 is 0. The molecule has 1 aliphatic carbocycles. The van der Waals surface area contributed by atoms with Gasteiger partial charge >= 0.3 is 0 Å². The zero-order chi connectivity index (χ0) is 10.7. The molecule has 1 saturated carbocycles. The number of rotatable bonds is 4. The minimum atomic E-state index is 0.500. The lowest BCUT2D eigenvalue weighted by atomic mass is 10.1. The van der Waals surface area contributed by atoms with E-state index in [1.807, 2.05) is 0 Å². The average molecular weight is 208 g/mol. The molecular formula is C11H20N4. The van der Waals surface area contributed by atoms with E-state index in [0.717, 1.165) is 18.8 Å². The van der Waals surface area contributed by atoms with Crippen molar-refractivity contribution in [3.8, 4) is 0 Å². The number of hydrogen-bond acceptors (Lipinski definition) is 3. The maximum absolute atomic E-state index is 5.67. The van der Waals surface area contributed by atoms with Gasteiger partial charge in [-0.2, -0.15) is 0 Å². The average Bonchev–Trinajstić information content (AvgIpc) is 2.85. The maximum Gasteiger partial charge on any atom is 0.146 e. The molecule has 1 aliphatic rings. The van der Waals surface area contributed by atoms with Gasteiger partial charge in [0.05, 0.1) is 6.54 Å². The molecule has 1 fully saturated rings. The minimum Gasteiger partial charge on any atom is -0.324 e.